The highest BCUT2D eigenvalue weighted by Crippen LogP contribution is 2.21. The number of rotatable bonds is 6. The number of alkyl halides is 3. The zero-order valence-corrected chi connectivity index (χ0v) is 8.73. The van der Waals surface area contributed by atoms with Gasteiger partial charge in [0, 0.05) is 13.0 Å². The number of nitrogens with two attached hydrogens (primary N) is 1. The van der Waals surface area contributed by atoms with E-state index in [1.807, 2.05) is 0 Å². The number of carbonyl (C=O) groups is 1. The lowest BCUT2D eigenvalue weighted by Gasteiger charge is -2.10. The number of unbranched alkanes of at least 4 members (excludes halogenated alkanes) is 1. The van der Waals surface area contributed by atoms with Crippen molar-refractivity contribution in [2.45, 2.75) is 44.8 Å². The standard InChI is InChI=1S/C9H17F3N2O/c1-2-7(13)8(15)14-6-4-3-5-9(10,11)12/h7H,2-6,13H2,1H3,(H,14,15)/t7-/m1/s1. The average molecular weight is 226 g/mol. The minimum Gasteiger partial charge on any atom is -0.355 e. The Bertz CT molecular complexity index is 194. The quantitative estimate of drug-likeness (QED) is 0.675. The molecule has 0 saturated carbocycles. The van der Waals surface area contributed by atoms with E-state index in [-0.39, 0.29) is 18.9 Å². The van der Waals surface area contributed by atoms with Crippen molar-refractivity contribution in [3.8, 4) is 0 Å². The van der Waals surface area contributed by atoms with Gasteiger partial charge in [-0.05, 0) is 19.3 Å². The molecule has 0 fully saturated rings. The van der Waals surface area contributed by atoms with Gasteiger partial charge in [0.2, 0.25) is 5.91 Å². The van der Waals surface area contributed by atoms with Crippen molar-refractivity contribution in [2.75, 3.05) is 6.54 Å². The van der Waals surface area contributed by atoms with Gasteiger partial charge in [0.1, 0.15) is 0 Å². The van der Waals surface area contributed by atoms with E-state index in [0.717, 1.165) is 0 Å². The van der Waals surface area contributed by atoms with Crippen molar-refractivity contribution in [2.24, 2.45) is 5.73 Å². The largest absolute Gasteiger partial charge is 0.389 e. The molecule has 0 saturated heterocycles. The van der Waals surface area contributed by atoms with Gasteiger partial charge in [-0.2, -0.15) is 13.2 Å². The second kappa shape index (κ2) is 6.66. The van der Waals surface area contributed by atoms with Crippen molar-refractivity contribution in [3.63, 3.8) is 0 Å². The fraction of sp³-hybridized carbons (Fsp3) is 0.889. The van der Waals surface area contributed by atoms with Crippen molar-refractivity contribution in [1.29, 1.82) is 0 Å². The van der Waals surface area contributed by atoms with Gasteiger partial charge < -0.3 is 11.1 Å². The summed E-state index contributed by atoms with van der Waals surface area (Å²) in [6.07, 6.45) is -4.03. The predicted octanol–water partition coefficient (Wildman–Crippen LogP) is 1.57. The van der Waals surface area contributed by atoms with Gasteiger partial charge in [0.15, 0.2) is 0 Å². The molecular formula is C9H17F3N2O. The van der Waals surface area contributed by atoms with E-state index in [9.17, 15) is 18.0 Å². The molecule has 0 spiro atoms. The van der Waals surface area contributed by atoms with Gasteiger partial charge in [-0.3, -0.25) is 4.79 Å². The number of amides is 1. The average Bonchev–Trinajstić information content (AvgIpc) is 2.14. The SMILES string of the molecule is CC[C@@H](N)C(=O)NCCCCC(F)(F)F. The normalized spacial score (nSPS) is 13.7. The number of nitrogens with one attached hydrogen (secondary N) is 1. The van der Waals surface area contributed by atoms with E-state index in [0.29, 0.717) is 12.8 Å². The Labute approximate surface area is 87.2 Å². The number of hydrogen-bond acceptors (Lipinski definition) is 2. The summed E-state index contributed by atoms with van der Waals surface area (Å²) in [6, 6.07) is -0.562. The first-order chi connectivity index (χ1) is 6.87. The molecule has 3 N–H and O–H groups in total. The molecule has 0 aliphatic carbocycles. The van der Waals surface area contributed by atoms with E-state index >= 15 is 0 Å². The maximum Gasteiger partial charge on any atom is 0.389 e. The molecule has 0 radical (unpaired) electrons. The van der Waals surface area contributed by atoms with Crippen LogP contribution < -0.4 is 11.1 Å². The van der Waals surface area contributed by atoms with Crippen LogP contribution in [-0.2, 0) is 4.79 Å². The number of hydrogen-bond donors (Lipinski definition) is 2. The Kier molecular flexibility index (Phi) is 6.31. The molecular weight excluding hydrogens is 209 g/mol. The van der Waals surface area contributed by atoms with E-state index in [1.165, 1.54) is 0 Å². The van der Waals surface area contributed by atoms with Crippen LogP contribution >= 0.6 is 0 Å². The Morgan fingerprint density at radius 2 is 2.00 bits per heavy atom. The minimum absolute atomic E-state index is 0.0329. The second-order valence-electron chi connectivity index (χ2n) is 3.38. The van der Waals surface area contributed by atoms with Gasteiger partial charge in [-0.15, -0.1) is 0 Å². The van der Waals surface area contributed by atoms with Gasteiger partial charge in [0.25, 0.3) is 0 Å². The molecule has 0 aromatic heterocycles. The molecule has 0 rings (SSSR count). The maximum atomic E-state index is 11.7. The molecule has 0 aromatic rings. The molecule has 0 aromatic carbocycles. The zero-order chi connectivity index (χ0) is 11.9. The van der Waals surface area contributed by atoms with Gasteiger partial charge in [-0.25, -0.2) is 0 Å². The fourth-order valence-electron chi connectivity index (χ4n) is 0.979. The molecule has 3 nitrogen and oxygen atoms in total. The van der Waals surface area contributed by atoms with Crippen molar-refractivity contribution >= 4 is 5.91 Å². The summed E-state index contributed by atoms with van der Waals surface area (Å²) in [7, 11) is 0. The first-order valence-electron chi connectivity index (χ1n) is 4.97. The highest BCUT2D eigenvalue weighted by molar-refractivity contribution is 5.81. The Hall–Kier alpha value is -0.780. The summed E-state index contributed by atoms with van der Waals surface area (Å²) in [5.41, 5.74) is 5.41. The lowest BCUT2D eigenvalue weighted by Crippen LogP contribution is -2.40. The van der Waals surface area contributed by atoms with Crippen LogP contribution in [0.25, 0.3) is 0 Å². The molecule has 90 valence electrons. The Morgan fingerprint density at radius 1 is 1.40 bits per heavy atom. The van der Waals surface area contributed by atoms with Crippen LogP contribution in [0.1, 0.15) is 32.6 Å². The summed E-state index contributed by atoms with van der Waals surface area (Å²) in [6.45, 7) is 2.02. The third kappa shape index (κ3) is 8.23. The number of halogens is 3. The summed E-state index contributed by atoms with van der Waals surface area (Å²) >= 11 is 0. The van der Waals surface area contributed by atoms with Gasteiger partial charge >= 0.3 is 6.18 Å². The van der Waals surface area contributed by atoms with E-state index in [4.69, 9.17) is 5.73 Å². The van der Waals surface area contributed by atoms with Crippen LogP contribution in [0, 0.1) is 0 Å². The Morgan fingerprint density at radius 3 is 2.47 bits per heavy atom. The van der Waals surface area contributed by atoms with Crippen LogP contribution in [0.5, 0.6) is 0 Å². The second-order valence-corrected chi connectivity index (χ2v) is 3.38. The monoisotopic (exact) mass is 226 g/mol. The first-order valence-corrected chi connectivity index (χ1v) is 4.97. The fourth-order valence-corrected chi connectivity index (χ4v) is 0.979. The minimum atomic E-state index is -4.11. The van der Waals surface area contributed by atoms with Gasteiger partial charge in [-0.1, -0.05) is 6.92 Å². The third-order valence-corrected chi connectivity index (χ3v) is 1.96. The highest BCUT2D eigenvalue weighted by Gasteiger charge is 2.25. The topological polar surface area (TPSA) is 55.1 Å². The van der Waals surface area contributed by atoms with Gasteiger partial charge in [0.05, 0.1) is 6.04 Å². The predicted molar refractivity (Wildman–Crippen MR) is 51.2 cm³/mol. The van der Waals surface area contributed by atoms with Crippen molar-refractivity contribution < 1.29 is 18.0 Å². The van der Waals surface area contributed by atoms with Crippen LogP contribution in [0.15, 0.2) is 0 Å². The molecule has 0 heterocycles. The summed E-state index contributed by atoms with van der Waals surface area (Å²) in [5, 5.41) is 2.49. The zero-order valence-electron chi connectivity index (χ0n) is 8.73. The van der Waals surface area contributed by atoms with E-state index < -0.39 is 18.6 Å². The molecule has 15 heavy (non-hydrogen) atoms. The van der Waals surface area contributed by atoms with E-state index in [1.54, 1.807) is 6.92 Å². The molecule has 0 aliphatic rings. The van der Waals surface area contributed by atoms with E-state index in [2.05, 4.69) is 5.32 Å². The molecule has 0 aliphatic heterocycles. The maximum absolute atomic E-state index is 11.7. The lowest BCUT2D eigenvalue weighted by molar-refractivity contribution is -0.135. The van der Waals surface area contributed by atoms with Crippen molar-refractivity contribution in [3.05, 3.63) is 0 Å². The Balaban J connectivity index is 3.43. The first kappa shape index (κ1) is 14.2. The molecule has 0 unspecified atom stereocenters. The summed E-state index contributed by atoms with van der Waals surface area (Å²) in [5.74, 6) is -0.301. The molecule has 1 amide bonds. The van der Waals surface area contributed by atoms with Crippen LogP contribution in [0.2, 0.25) is 0 Å². The molecule has 6 heteroatoms. The summed E-state index contributed by atoms with van der Waals surface area (Å²) < 4.78 is 35.2. The third-order valence-electron chi connectivity index (χ3n) is 1.96. The number of carbonyl (C=O) groups excluding carboxylic acids is 1. The van der Waals surface area contributed by atoms with Crippen LogP contribution in [-0.4, -0.2) is 24.7 Å². The smallest absolute Gasteiger partial charge is 0.355 e. The molecule has 1 atom stereocenters. The lowest BCUT2D eigenvalue weighted by atomic mass is 10.2. The van der Waals surface area contributed by atoms with Crippen LogP contribution in [0.3, 0.4) is 0 Å². The molecule has 0 bridgehead atoms. The van der Waals surface area contributed by atoms with Crippen LogP contribution in [0.4, 0.5) is 13.2 Å². The highest BCUT2D eigenvalue weighted by atomic mass is 19.4. The van der Waals surface area contributed by atoms with Crippen molar-refractivity contribution in [1.82, 2.24) is 5.32 Å². The summed E-state index contributed by atoms with van der Waals surface area (Å²) in [4.78, 5) is 11.1.